The van der Waals surface area contributed by atoms with E-state index in [4.69, 9.17) is 5.11 Å². The van der Waals surface area contributed by atoms with Gasteiger partial charge < -0.3 is 20.8 Å². The maximum absolute atomic E-state index is 11.8. The molecule has 102 valence electrons. The third-order valence-electron chi connectivity index (χ3n) is 3.36. The van der Waals surface area contributed by atoms with E-state index < -0.39 is 5.97 Å². The van der Waals surface area contributed by atoms with Crippen LogP contribution in [0.25, 0.3) is 0 Å². The lowest BCUT2D eigenvalue weighted by atomic mass is 9.79. The summed E-state index contributed by atoms with van der Waals surface area (Å²) in [6.07, 6.45) is 2.98. The summed E-state index contributed by atoms with van der Waals surface area (Å²) in [5.74, 6) is -1.57. The standard InChI is InChI=1S/C13H16N2O4/c1-13(5-2-6-13)15-12(19)14-8-3-4-10(16)9(7-8)11(17)18/h3-4,7,16H,2,5-6H2,1H3,(H,17,18)(H2,14,15,19). The molecule has 1 aromatic carbocycles. The average Bonchev–Trinajstić information content (AvgIpc) is 2.29. The van der Waals surface area contributed by atoms with Gasteiger partial charge in [0, 0.05) is 11.2 Å². The van der Waals surface area contributed by atoms with E-state index in [0.29, 0.717) is 5.69 Å². The van der Waals surface area contributed by atoms with Gasteiger partial charge in [0.05, 0.1) is 0 Å². The number of benzene rings is 1. The number of rotatable bonds is 3. The van der Waals surface area contributed by atoms with Crippen LogP contribution in [0.3, 0.4) is 0 Å². The minimum Gasteiger partial charge on any atom is -0.507 e. The van der Waals surface area contributed by atoms with Crippen LogP contribution in [0.5, 0.6) is 5.75 Å². The fraction of sp³-hybridized carbons (Fsp3) is 0.385. The fourth-order valence-electron chi connectivity index (χ4n) is 2.05. The minimum absolute atomic E-state index is 0.170. The van der Waals surface area contributed by atoms with E-state index in [9.17, 15) is 14.7 Å². The predicted octanol–water partition coefficient (Wildman–Crippen LogP) is 2.15. The second-order valence-corrected chi connectivity index (χ2v) is 5.03. The number of carbonyl (C=O) groups is 2. The Labute approximate surface area is 110 Å². The van der Waals surface area contributed by atoms with Crippen LogP contribution in [0.4, 0.5) is 10.5 Å². The zero-order valence-electron chi connectivity index (χ0n) is 10.6. The Morgan fingerprint density at radius 1 is 1.32 bits per heavy atom. The molecule has 0 radical (unpaired) electrons. The van der Waals surface area contributed by atoms with Gasteiger partial charge >= 0.3 is 12.0 Å². The number of urea groups is 1. The van der Waals surface area contributed by atoms with Crippen molar-refractivity contribution in [3.05, 3.63) is 23.8 Å². The van der Waals surface area contributed by atoms with E-state index in [2.05, 4.69) is 10.6 Å². The Bertz CT molecular complexity index is 523. The van der Waals surface area contributed by atoms with Crippen LogP contribution < -0.4 is 10.6 Å². The molecule has 1 aliphatic carbocycles. The Morgan fingerprint density at radius 2 is 2.00 bits per heavy atom. The summed E-state index contributed by atoms with van der Waals surface area (Å²) < 4.78 is 0. The number of carboxylic acid groups (broad SMARTS) is 1. The van der Waals surface area contributed by atoms with Gasteiger partial charge in [-0.05, 0) is 44.4 Å². The van der Waals surface area contributed by atoms with Crippen molar-refractivity contribution in [2.24, 2.45) is 0 Å². The molecule has 1 aromatic rings. The second-order valence-electron chi connectivity index (χ2n) is 5.03. The molecule has 1 aliphatic rings. The molecule has 19 heavy (non-hydrogen) atoms. The van der Waals surface area contributed by atoms with Crippen molar-refractivity contribution in [1.29, 1.82) is 0 Å². The normalized spacial score (nSPS) is 16.3. The molecule has 2 amide bonds. The summed E-state index contributed by atoms with van der Waals surface area (Å²) in [6.45, 7) is 1.97. The van der Waals surface area contributed by atoms with Crippen LogP contribution >= 0.6 is 0 Å². The SMILES string of the molecule is CC1(NC(=O)Nc2ccc(O)c(C(=O)O)c2)CCC1. The van der Waals surface area contributed by atoms with E-state index >= 15 is 0 Å². The van der Waals surface area contributed by atoms with Crippen molar-refractivity contribution >= 4 is 17.7 Å². The van der Waals surface area contributed by atoms with Crippen molar-refractivity contribution in [1.82, 2.24) is 5.32 Å². The van der Waals surface area contributed by atoms with Gasteiger partial charge in [-0.15, -0.1) is 0 Å². The highest BCUT2D eigenvalue weighted by atomic mass is 16.4. The Kier molecular flexibility index (Phi) is 3.33. The summed E-state index contributed by atoms with van der Waals surface area (Å²) in [6, 6.07) is 3.54. The number of carbonyl (C=O) groups excluding carboxylic acids is 1. The quantitative estimate of drug-likeness (QED) is 0.629. The van der Waals surface area contributed by atoms with E-state index in [0.717, 1.165) is 19.3 Å². The van der Waals surface area contributed by atoms with Gasteiger partial charge in [0.2, 0.25) is 0 Å². The van der Waals surface area contributed by atoms with Gasteiger partial charge in [-0.25, -0.2) is 9.59 Å². The number of aromatic carboxylic acids is 1. The van der Waals surface area contributed by atoms with E-state index in [1.165, 1.54) is 18.2 Å². The highest BCUT2D eigenvalue weighted by molar-refractivity contribution is 5.95. The lowest BCUT2D eigenvalue weighted by Crippen LogP contribution is -2.52. The maximum atomic E-state index is 11.8. The number of hydrogen-bond acceptors (Lipinski definition) is 3. The van der Waals surface area contributed by atoms with Crippen molar-refractivity contribution in [2.75, 3.05) is 5.32 Å². The van der Waals surface area contributed by atoms with Gasteiger partial charge in [0.1, 0.15) is 11.3 Å². The number of amides is 2. The number of hydrogen-bond donors (Lipinski definition) is 4. The van der Waals surface area contributed by atoms with Crippen LogP contribution in [0.2, 0.25) is 0 Å². The van der Waals surface area contributed by atoms with Gasteiger partial charge in [-0.3, -0.25) is 0 Å². The molecule has 0 bridgehead atoms. The summed E-state index contributed by atoms with van der Waals surface area (Å²) in [7, 11) is 0. The molecule has 0 heterocycles. The Morgan fingerprint density at radius 3 is 2.53 bits per heavy atom. The first-order valence-electron chi connectivity index (χ1n) is 6.05. The molecule has 6 heteroatoms. The second kappa shape index (κ2) is 4.79. The molecule has 0 saturated heterocycles. The van der Waals surface area contributed by atoms with E-state index in [-0.39, 0.29) is 22.9 Å². The zero-order valence-corrected chi connectivity index (χ0v) is 10.6. The van der Waals surface area contributed by atoms with Gasteiger partial charge in [-0.1, -0.05) is 0 Å². The summed E-state index contributed by atoms with van der Waals surface area (Å²) in [5.41, 5.74) is -0.0836. The third kappa shape index (κ3) is 2.96. The molecular weight excluding hydrogens is 248 g/mol. The predicted molar refractivity (Wildman–Crippen MR) is 69.5 cm³/mol. The van der Waals surface area contributed by atoms with Crippen LogP contribution in [-0.4, -0.2) is 27.8 Å². The average molecular weight is 264 g/mol. The third-order valence-corrected chi connectivity index (χ3v) is 3.36. The first-order chi connectivity index (χ1) is 8.89. The number of phenols is 1. The molecule has 6 nitrogen and oxygen atoms in total. The van der Waals surface area contributed by atoms with Crippen molar-refractivity contribution in [2.45, 2.75) is 31.7 Å². The molecule has 0 aliphatic heterocycles. The highest BCUT2D eigenvalue weighted by Gasteiger charge is 2.33. The first-order valence-corrected chi connectivity index (χ1v) is 6.05. The molecule has 4 N–H and O–H groups in total. The van der Waals surface area contributed by atoms with E-state index in [1.54, 1.807) is 0 Å². The van der Waals surface area contributed by atoms with Crippen LogP contribution in [-0.2, 0) is 0 Å². The molecule has 1 saturated carbocycles. The van der Waals surface area contributed by atoms with Gasteiger partial charge in [-0.2, -0.15) is 0 Å². The maximum Gasteiger partial charge on any atom is 0.339 e. The molecule has 1 fully saturated rings. The molecule has 0 atom stereocenters. The molecule has 0 spiro atoms. The minimum atomic E-state index is -1.24. The van der Waals surface area contributed by atoms with Crippen LogP contribution in [0.15, 0.2) is 18.2 Å². The van der Waals surface area contributed by atoms with Gasteiger partial charge in [0.15, 0.2) is 0 Å². The number of aromatic hydroxyl groups is 1. The largest absolute Gasteiger partial charge is 0.507 e. The Hall–Kier alpha value is -2.24. The molecule has 0 aromatic heterocycles. The lowest BCUT2D eigenvalue weighted by Gasteiger charge is -2.39. The van der Waals surface area contributed by atoms with Crippen molar-refractivity contribution in [3.63, 3.8) is 0 Å². The molecule has 0 unspecified atom stereocenters. The smallest absolute Gasteiger partial charge is 0.339 e. The Balaban J connectivity index is 2.04. The van der Waals surface area contributed by atoms with E-state index in [1.807, 2.05) is 6.92 Å². The summed E-state index contributed by atoms with van der Waals surface area (Å²) in [4.78, 5) is 22.6. The first kappa shape index (κ1) is 13.2. The zero-order chi connectivity index (χ0) is 14.0. The van der Waals surface area contributed by atoms with Crippen molar-refractivity contribution < 1.29 is 19.8 Å². The van der Waals surface area contributed by atoms with Crippen molar-refractivity contribution in [3.8, 4) is 5.75 Å². The topological polar surface area (TPSA) is 98.7 Å². The number of carboxylic acids is 1. The fourth-order valence-corrected chi connectivity index (χ4v) is 2.05. The highest BCUT2D eigenvalue weighted by Crippen LogP contribution is 2.31. The molecular formula is C13H16N2O4. The number of nitrogens with one attached hydrogen (secondary N) is 2. The number of anilines is 1. The monoisotopic (exact) mass is 264 g/mol. The lowest BCUT2D eigenvalue weighted by molar-refractivity contribution is 0.0693. The van der Waals surface area contributed by atoms with Gasteiger partial charge in [0.25, 0.3) is 0 Å². The van der Waals surface area contributed by atoms with Crippen LogP contribution in [0.1, 0.15) is 36.5 Å². The molecule has 2 rings (SSSR count). The van der Waals surface area contributed by atoms with Crippen LogP contribution in [0, 0.1) is 0 Å². The summed E-state index contributed by atoms with van der Waals surface area (Å²) >= 11 is 0. The summed E-state index contributed by atoms with van der Waals surface area (Å²) in [5, 5.41) is 23.6.